The number of carbonyl (C=O) groups is 1. The number of nitro benzene ring substituents is 1. The maximum atomic E-state index is 12.5. The number of nitrogens with one attached hydrogen (secondary N) is 1. The number of hydrogen-bond donors (Lipinski definition) is 1. The van der Waals surface area contributed by atoms with Crippen molar-refractivity contribution in [3.63, 3.8) is 0 Å². The fourth-order valence-corrected chi connectivity index (χ4v) is 3.98. The minimum atomic E-state index is -0.448. The van der Waals surface area contributed by atoms with Crippen LogP contribution in [0.25, 0.3) is 0 Å². The second-order valence-electron chi connectivity index (χ2n) is 7.16. The molecule has 1 aliphatic heterocycles. The summed E-state index contributed by atoms with van der Waals surface area (Å²) in [5, 5.41) is 13.8. The molecule has 1 heterocycles. The third-order valence-electron chi connectivity index (χ3n) is 4.94. The van der Waals surface area contributed by atoms with Gasteiger partial charge in [-0.25, -0.2) is 0 Å². The predicted molar refractivity (Wildman–Crippen MR) is 107 cm³/mol. The van der Waals surface area contributed by atoms with Crippen molar-refractivity contribution in [2.75, 3.05) is 19.6 Å². The summed E-state index contributed by atoms with van der Waals surface area (Å²) in [5.74, 6) is 1.06. The number of benzene rings is 1. The van der Waals surface area contributed by atoms with Crippen molar-refractivity contribution in [3.8, 4) is 0 Å². The van der Waals surface area contributed by atoms with Gasteiger partial charge in [0.25, 0.3) is 11.6 Å². The number of likely N-dealkylation sites (tertiary alicyclic amines) is 1. The second kappa shape index (κ2) is 8.93. The molecule has 7 heteroatoms. The summed E-state index contributed by atoms with van der Waals surface area (Å²) < 4.78 is 0.595. The van der Waals surface area contributed by atoms with Gasteiger partial charge in [-0.05, 0) is 66.4 Å². The van der Waals surface area contributed by atoms with Gasteiger partial charge in [-0.1, -0.05) is 20.8 Å². The molecule has 1 amide bonds. The lowest BCUT2D eigenvalue weighted by molar-refractivity contribution is -0.384. The average Bonchev–Trinajstić information content (AvgIpc) is 2.55. The molecule has 0 aliphatic carbocycles. The van der Waals surface area contributed by atoms with Crippen molar-refractivity contribution >= 4 is 34.2 Å². The summed E-state index contributed by atoms with van der Waals surface area (Å²) in [4.78, 5) is 25.4. The Morgan fingerprint density at radius 1 is 1.40 bits per heavy atom. The highest BCUT2D eigenvalue weighted by Gasteiger charge is 2.26. The summed E-state index contributed by atoms with van der Waals surface area (Å²) >= 11 is 1.97. The molecule has 0 radical (unpaired) electrons. The summed E-state index contributed by atoms with van der Waals surface area (Å²) in [6.07, 6.45) is 2.41. The SMILES string of the molecule is CC1CCN(C(CNC(=O)c2ccc([N+](=O)[O-])cc2I)C(C)C)CC1. The third kappa shape index (κ3) is 5.37. The number of non-ortho nitro benzene ring substituents is 1. The number of amides is 1. The van der Waals surface area contributed by atoms with E-state index in [-0.39, 0.29) is 11.6 Å². The molecule has 138 valence electrons. The fraction of sp³-hybridized carbons (Fsp3) is 0.611. The van der Waals surface area contributed by atoms with E-state index in [1.54, 1.807) is 0 Å². The summed E-state index contributed by atoms with van der Waals surface area (Å²) in [6, 6.07) is 4.65. The minimum Gasteiger partial charge on any atom is -0.350 e. The van der Waals surface area contributed by atoms with Gasteiger partial charge in [0.05, 0.1) is 10.5 Å². The van der Waals surface area contributed by atoms with E-state index in [1.807, 2.05) is 22.6 Å². The van der Waals surface area contributed by atoms with Gasteiger partial charge < -0.3 is 5.32 Å². The molecule has 2 rings (SSSR count). The number of nitrogens with zero attached hydrogens (tertiary/aromatic N) is 2. The number of hydrogen-bond acceptors (Lipinski definition) is 4. The van der Waals surface area contributed by atoms with Crippen LogP contribution in [0.15, 0.2) is 18.2 Å². The zero-order valence-corrected chi connectivity index (χ0v) is 17.2. The Hall–Kier alpha value is -1.22. The molecule has 1 saturated heterocycles. The molecule has 0 aromatic heterocycles. The molecule has 6 nitrogen and oxygen atoms in total. The van der Waals surface area contributed by atoms with Crippen LogP contribution in [0.4, 0.5) is 5.69 Å². The standard InChI is InChI=1S/C18H26IN3O3/c1-12(2)17(21-8-6-13(3)7-9-21)11-20-18(23)15-5-4-14(22(24)25)10-16(15)19/h4-5,10,12-13,17H,6-9,11H2,1-3H3,(H,20,23). The van der Waals surface area contributed by atoms with Crippen LogP contribution in [0.5, 0.6) is 0 Å². The molecule has 1 unspecified atom stereocenters. The van der Waals surface area contributed by atoms with Gasteiger partial charge in [0.2, 0.25) is 0 Å². The summed E-state index contributed by atoms with van der Waals surface area (Å²) in [5.41, 5.74) is 0.490. The number of piperidine rings is 1. The lowest BCUT2D eigenvalue weighted by Crippen LogP contribution is -2.49. The molecule has 1 aromatic carbocycles. The van der Waals surface area contributed by atoms with E-state index in [2.05, 4.69) is 31.0 Å². The van der Waals surface area contributed by atoms with Crippen LogP contribution >= 0.6 is 22.6 Å². The van der Waals surface area contributed by atoms with Crippen LogP contribution in [-0.4, -0.2) is 41.4 Å². The average molecular weight is 459 g/mol. The van der Waals surface area contributed by atoms with E-state index in [4.69, 9.17) is 0 Å². The van der Waals surface area contributed by atoms with E-state index >= 15 is 0 Å². The van der Waals surface area contributed by atoms with Crippen molar-refractivity contribution in [1.82, 2.24) is 10.2 Å². The van der Waals surface area contributed by atoms with Gasteiger partial charge in [-0.2, -0.15) is 0 Å². The third-order valence-corrected chi connectivity index (χ3v) is 5.83. The van der Waals surface area contributed by atoms with Gasteiger partial charge in [-0.15, -0.1) is 0 Å². The second-order valence-corrected chi connectivity index (χ2v) is 8.32. The van der Waals surface area contributed by atoms with Crippen molar-refractivity contribution in [1.29, 1.82) is 0 Å². The zero-order valence-electron chi connectivity index (χ0n) is 15.0. The first-order chi connectivity index (χ1) is 11.8. The maximum Gasteiger partial charge on any atom is 0.270 e. The Balaban J connectivity index is 2.00. The van der Waals surface area contributed by atoms with Crippen molar-refractivity contribution in [3.05, 3.63) is 37.4 Å². The lowest BCUT2D eigenvalue weighted by atomic mass is 9.94. The molecule has 1 atom stereocenters. The molecule has 1 aliphatic rings. The van der Waals surface area contributed by atoms with Crippen LogP contribution in [0.2, 0.25) is 0 Å². The largest absolute Gasteiger partial charge is 0.350 e. The number of halogens is 1. The van der Waals surface area contributed by atoms with E-state index < -0.39 is 4.92 Å². The van der Waals surface area contributed by atoms with Crippen LogP contribution in [0.3, 0.4) is 0 Å². The molecule has 0 spiro atoms. The predicted octanol–water partition coefficient (Wildman–Crippen LogP) is 3.69. The first kappa shape index (κ1) is 20.1. The molecule has 1 aromatic rings. The van der Waals surface area contributed by atoms with Crippen LogP contribution in [-0.2, 0) is 0 Å². The molecule has 25 heavy (non-hydrogen) atoms. The number of nitro groups is 1. The number of rotatable bonds is 6. The smallest absolute Gasteiger partial charge is 0.270 e. The van der Waals surface area contributed by atoms with Gasteiger partial charge in [-0.3, -0.25) is 19.8 Å². The lowest BCUT2D eigenvalue weighted by Gasteiger charge is -2.38. The Bertz CT molecular complexity index is 628. The van der Waals surface area contributed by atoms with Gasteiger partial charge in [0.15, 0.2) is 0 Å². The maximum absolute atomic E-state index is 12.5. The summed E-state index contributed by atoms with van der Waals surface area (Å²) in [7, 11) is 0. The van der Waals surface area contributed by atoms with E-state index in [0.29, 0.717) is 27.6 Å². The van der Waals surface area contributed by atoms with Crippen molar-refractivity contribution in [2.45, 2.75) is 39.7 Å². The van der Waals surface area contributed by atoms with Crippen molar-refractivity contribution < 1.29 is 9.72 Å². The van der Waals surface area contributed by atoms with Gasteiger partial charge >= 0.3 is 0 Å². The van der Waals surface area contributed by atoms with Crippen molar-refractivity contribution in [2.24, 2.45) is 11.8 Å². The molecule has 0 saturated carbocycles. The van der Waals surface area contributed by atoms with Gasteiger partial charge in [0, 0.05) is 28.3 Å². The molecular formula is C18H26IN3O3. The highest BCUT2D eigenvalue weighted by atomic mass is 127. The quantitative estimate of drug-likeness (QED) is 0.400. The number of carbonyl (C=O) groups excluding carboxylic acids is 1. The molecule has 1 N–H and O–H groups in total. The minimum absolute atomic E-state index is 0.00319. The van der Waals surface area contributed by atoms with E-state index in [0.717, 1.165) is 19.0 Å². The van der Waals surface area contributed by atoms with Gasteiger partial charge in [0.1, 0.15) is 0 Å². The Labute approximate surface area is 162 Å². The Kier molecular flexibility index (Phi) is 7.18. The topological polar surface area (TPSA) is 75.5 Å². The molecular weight excluding hydrogens is 433 g/mol. The highest BCUT2D eigenvalue weighted by Crippen LogP contribution is 2.22. The zero-order chi connectivity index (χ0) is 18.6. The fourth-order valence-electron chi connectivity index (χ4n) is 3.24. The van der Waals surface area contributed by atoms with E-state index in [9.17, 15) is 14.9 Å². The van der Waals surface area contributed by atoms with Crippen LogP contribution in [0, 0.1) is 25.5 Å². The summed E-state index contributed by atoms with van der Waals surface area (Å²) in [6.45, 7) is 9.41. The first-order valence-electron chi connectivity index (χ1n) is 8.75. The molecule has 1 fully saturated rings. The van der Waals surface area contributed by atoms with Crippen LogP contribution in [0.1, 0.15) is 44.0 Å². The Morgan fingerprint density at radius 2 is 2.04 bits per heavy atom. The Morgan fingerprint density at radius 3 is 2.56 bits per heavy atom. The monoisotopic (exact) mass is 459 g/mol. The van der Waals surface area contributed by atoms with E-state index in [1.165, 1.54) is 31.0 Å². The highest BCUT2D eigenvalue weighted by molar-refractivity contribution is 14.1. The molecule has 0 bridgehead atoms. The normalized spacial score (nSPS) is 17.5. The van der Waals surface area contributed by atoms with Crippen LogP contribution < -0.4 is 5.32 Å². The first-order valence-corrected chi connectivity index (χ1v) is 9.83.